The fraction of sp³-hybridized carbons (Fsp3) is 1.00. The molecule has 0 aliphatic heterocycles. The van der Waals surface area contributed by atoms with Gasteiger partial charge in [-0.25, -0.2) is 0 Å². The molecule has 4 heavy (non-hydrogen) atoms. The van der Waals surface area contributed by atoms with Crippen molar-refractivity contribution in [2.24, 2.45) is 5.40 Å². The first-order valence-corrected chi connectivity index (χ1v) is 3.53. The zero-order chi connectivity index (χ0) is 3.41. The molecule has 0 bridgehead atoms. The molecule has 0 saturated carbocycles. The van der Waals surface area contributed by atoms with Gasteiger partial charge in [-0.3, -0.25) is 0 Å². The first-order valence-electron chi connectivity index (χ1n) is 1.18. The Morgan fingerprint density at radius 3 is 2.25 bits per heavy atom. The molecule has 0 aromatic heterocycles. The Balaban J connectivity index is 1.97. The minimum absolute atomic E-state index is 0.310. The first kappa shape index (κ1) is 4.47. The fourth-order valence-corrected chi connectivity index (χ4v) is 0. The van der Waals surface area contributed by atoms with Gasteiger partial charge in [-0.05, 0) is 0 Å². The summed E-state index contributed by atoms with van der Waals surface area (Å²) in [6.45, 7) is 0. The summed E-state index contributed by atoms with van der Waals surface area (Å²) in [5.41, 5.74) is 0.708. The highest BCUT2D eigenvalue weighted by molar-refractivity contribution is 6.47. The third-order valence-corrected chi connectivity index (χ3v) is 0.982. The summed E-state index contributed by atoms with van der Waals surface area (Å²) < 4.78 is 0. The average molecular weight is 95.6 g/mol. The van der Waals surface area contributed by atoms with Crippen molar-refractivity contribution in [1.29, 1.82) is 0 Å². The van der Waals surface area contributed by atoms with Gasteiger partial charge in [0.15, 0.2) is 0 Å². The van der Waals surface area contributed by atoms with Gasteiger partial charge in [0.25, 0.3) is 0 Å². The summed E-state index contributed by atoms with van der Waals surface area (Å²) in [4.78, 5) is 0. The Morgan fingerprint density at radius 2 is 2.25 bits per heavy atom. The molecule has 0 unspecified atom stereocenters. The molecule has 0 atom stereocenters. The van der Waals surface area contributed by atoms with Crippen LogP contribution in [0.5, 0.6) is 0 Å². The lowest BCUT2D eigenvalue weighted by molar-refractivity contribution is 1.84. The van der Waals surface area contributed by atoms with E-state index in [1.165, 1.54) is 0 Å². The third-order valence-electron chi connectivity index (χ3n) is 0.109. The van der Waals surface area contributed by atoms with E-state index in [1.807, 2.05) is 0 Å². The van der Waals surface area contributed by atoms with Crippen molar-refractivity contribution < 1.29 is 0 Å². The highest BCUT2D eigenvalue weighted by Gasteiger charge is 1.61. The van der Waals surface area contributed by atoms with Gasteiger partial charge in [-0.15, -0.1) is 11.6 Å². The van der Waals surface area contributed by atoms with E-state index in [4.69, 9.17) is 17.0 Å². The maximum Gasteiger partial charge on any atom is 0.104 e. The van der Waals surface area contributed by atoms with E-state index in [-0.39, 0.29) is 9.68 Å². The van der Waals surface area contributed by atoms with Crippen LogP contribution in [0.4, 0.5) is 0 Å². The van der Waals surface area contributed by atoms with Crippen LogP contribution in [0.15, 0.2) is 0 Å². The van der Waals surface area contributed by atoms with Gasteiger partial charge in [0.1, 0.15) is 9.68 Å². The lowest BCUT2D eigenvalue weighted by atomic mass is 11.9. The monoisotopic (exact) mass is 95.0 g/mol. The Labute approximate surface area is 33.0 Å². The van der Waals surface area contributed by atoms with Gasteiger partial charge in [-0.2, -0.15) is 0 Å². The van der Waals surface area contributed by atoms with E-state index in [9.17, 15) is 0 Å². The van der Waals surface area contributed by atoms with Crippen molar-refractivity contribution in [3.8, 4) is 0 Å². The molecule has 0 aliphatic carbocycles. The van der Waals surface area contributed by atoms with Gasteiger partial charge >= 0.3 is 0 Å². The minimum Gasteiger partial charge on any atom is -0.355 e. The van der Waals surface area contributed by atoms with E-state index in [0.29, 0.717) is 5.50 Å². The highest BCUT2D eigenvalue weighted by Crippen LogP contribution is 1.57. The van der Waals surface area contributed by atoms with Crippen molar-refractivity contribution in [1.82, 2.24) is 0 Å². The molecule has 2 N–H and O–H groups in total. The molecule has 0 aliphatic rings. The number of alkyl halides is 1. The molecule has 0 heterocycles. The van der Waals surface area contributed by atoms with Crippen molar-refractivity contribution in [3.05, 3.63) is 0 Å². The highest BCUT2D eigenvalue weighted by atomic mass is 35.5. The molecule has 0 radical (unpaired) electrons. The van der Waals surface area contributed by atoms with Crippen LogP contribution in [0, 0.1) is 0 Å². The van der Waals surface area contributed by atoms with E-state index in [0.717, 1.165) is 0 Å². The molecule has 0 fully saturated rings. The number of hydrogen-bond acceptors (Lipinski definition) is 1. The normalized spacial score (nSPS) is 10.5. The summed E-state index contributed by atoms with van der Waals surface area (Å²) >= 11 is 5.12. The van der Waals surface area contributed by atoms with E-state index in [2.05, 4.69) is 0 Å². The summed E-state index contributed by atoms with van der Waals surface area (Å²) in [6.07, 6.45) is 0. The number of halogens is 1. The van der Waals surface area contributed by atoms with E-state index in [1.54, 1.807) is 0 Å². The minimum atomic E-state index is -0.310. The summed E-state index contributed by atoms with van der Waals surface area (Å²) in [5.74, 6) is 0. The standard InChI is InChI=1S/CH6ClNSi/c2-1-4-3/h1,3-4H2. The smallest absolute Gasteiger partial charge is 0.104 e. The van der Waals surface area contributed by atoms with Crippen LogP contribution in [0.25, 0.3) is 0 Å². The Hall–Kier alpha value is 0.467. The zero-order valence-electron chi connectivity index (χ0n) is 2.37. The maximum atomic E-state index is 5.12. The Bertz CT molecular complexity index is 10.0. The average Bonchev–Trinajstić information content (AvgIpc) is 1.37. The second-order valence-electron chi connectivity index (χ2n) is 0.478. The van der Waals surface area contributed by atoms with Crippen LogP contribution in [-0.2, 0) is 0 Å². The predicted octanol–water partition coefficient (Wildman–Crippen LogP) is -0.775. The summed E-state index contributed by atoms with van der Waals surface area (Å²) in [5, 5.41) is 5.03. The Morgan fingerprint density at radius 1 is 2.00 bits per heavy atom. The van der Waals surface area contributed by atoms with Crippen molar-refractivity contribution in [3.63, 3.8) is 0 Å². The van der Waals surface area contributed by atoms with Gasteiger partial charge in [0.2, 0.25) is 0 Å². The summed E-state index contributed by atoms with van der Waals surface area (Å²) in [7, 11) is -0.310. The van der Waals surface area contributed by atoms with Crippen molar-refractivity contribution >= 4 is 21.3 Å². The number of rotatable bonds is 1. The van der Waals surface area contributed by atoms with Crippen LogP contribution in [0.3, 0.4) is 0 Å². The largest absolute Gasteiger partial charge is 0.355 e. The van der Waals surface area contributed by atoms with Crippen LogP contribution in [-0.4, -0.2) is 15.2 Å². The lowest BCUT2D eigenvalue weighted by Crippen LogP contribution is -2.04. The third kappa shape index (κ3) is 2.47. The molecule has 0 spiro atoms. The van der Waals surface area contributed by atoms with E-state index < -0.39 is 0 Å². The first-order chi connectivity index (χ1) is 1.91. The lowest BCUT2D eigenvalue weighted by Gasteiger charge is -1.65. The SMILES string of the molecule is N[SiH2]CCl. The second-order valence-corrected chi connectivity index (χ2v) is 2.57. The van der Waals surface area contributed by atoms with Gasteiger partial charge in [0.05, 0.1) is 0 Å². The fourth-order valence-electron chi connectivity index (χ4n) is 0. The van der Waals surface area contributed by atoms with Gasteiger partial charge in [-0.1, -0.05) is 0 Å². The topological polar surface area (TPSA) is 26.0 Å². The quantitative estimate of drug-likeness (QED) is 0.336. The number of hydrogen-bond donors (Lipinski definition) is 1. The molecule has 0 amide bonds. The van der Waals surface area contributed by atoms with Crippen LogP contribution in [0.1, 0.15) is 0 Å². The molecular weight excluding hydrogens is 89.6 g/mol. The molecule has 26 valence electrons. The van der Waals surface area contributed by atoms with Gasteiger partial charge < -0.3 is 5.40 Å². The maximum absolute atomic E-state index is 5.12. The van der Waals surface area contributed by atoms with Crippen molar-refractivity contribution in [2.45, 2.75) is 0 Å². The molecular formula is CH6ClNSi. The van der Waals surface area contributed by atoms with Gasteiger partial charge in [0, 0.05) is 5.50 Å². The molecule has 0 aromatic carbocycles. The molecule has 3 heteroatoms. The molecule has 0 saturated heterocycles. The second kappa shape index (κ2) is 3.47. The van der Waals surface area contributed by atoms with Crippen LogP contribution >= 0.6 is 11.6 Å². The van der Waals surface area contributed by atoms with Crippen molar-refractivity contribution in [2.75, 3.05) is 5.50 Å². The Kier molecular flexibility index (Phi) is 3.87. The summed E-state index contributed by atoms with van der Waals surface area (Å²) in [6, 6.07) is 0. The number of nitrogens with two attached hydrogens (primary N) is 1. The van der Waals surface area contributed by atoms with E-state index >= 15 is 0 Å². The van der Waals surface area contributed by atoms with Crippen LogP contribution in [0.2, 0.25) is 0 Å². The molecule has 1 nitrogen and oxygen atoms in total. The molecule has 0 aromatic rings. The zero-order valence-corrected chi connectivity index (χ0v) is 4.54. The molecule has 0 rings (SSSR count). The van der Waals surface area contributed by atoms with Crippen LogP contribution < -0.4 is 5.40 Å². The predicted molar refractivity (Wildman–Crippen MR) is 23.5 cm³/mol.